The van der Waals surface area contributed by atoms with E-state index in [1.54, 1.807) is 0 Å². The van der Waals surface area contributed by atoms with Crippen LogP contribution in [0.2, 0.25) is 0 Å². The van der Waals surface area contributed by atoms with Gasteiger partial charge in [0.2, 0.25) is 5.91 Å². The fraction of sp³-hybridized carbons (Fsp3) is 0.562. The van der Waals surface area contributed by atoms with E-state index in [1.165, 1.54) is 0 Å². The van der Waals surface area contributed by atoms with Gasteiger partial charge < -0.3 is 15.4 Å². The lowest BCUT2D eigenvalue weighted by Crippen LogP contribution is -2.56. The molecule has 1 aromatic carbocycles. The minimum absolute atomic E-state index is 0. The zero-order chi connectivity index (χ0) is 15.5. The molecule has 0 aromatic heterocycles. The van der Waals surface area contributed by atoms with Gasteiger partial charge in [-0.15, -0.1) is 12.4 Å². The van der Waals surface area contributed by atoms with Crippen LogP contribution >= 0.6 is 28.3 Å². The molecule has 1 aromatic rings. The maximum Gasteiger partial charge on any atom is 0.242 e. The van der Waals surface area contributed by atoms with Crippen LogP contribution in [0.3, 0.4) is 0 Å². The van der Waals surface area contributed by atoms with Crippen LogP contribution in [0, 0.1) is 0 Å². The summed E-state index contributed by atoms with van der Waals surface area (Å²) in [5.74, 6) is 0.0210. The molecule has 1 aliphatic heterocycles. The summed E-state index contributed by atoms with van der Waals surface area (Å²) in [7, 11) is 0. The molecule has 0 aliphatic carbocycles. The summed E-state index contributed by atoms with van der Waals surface area (Å²) in [6.07, 6.45) is 1.51. The van der Waals surface area contributed by atoms with Crippen LogP contribution in [-0.2, 0) is 9.53 Å². The highest BCUT2D eigenvalue weighted by Gasteiger charge is 2.35. The minimum Gasteiger partial charge on any atom is -0.370 e. The molecule has 2 rings (SSSR count). The van der Waals surface area contributed by atoms with Gasteiger partial charge in [0.25, 0.3) is 0 Å². The van der Waals surface area contributed by atoms with Crippen LogP contribution in [0.4, 0.5) is 0 Å². The van der Waals surface area contributed by atoms with Gasteiger partial charge in [-0.2, -0.15) is 0 Å². The van der Waals surface area contributed by atoms with Crippen molar-refractivity contribution in [2.24, 2.45) is 5.73 Å². The largest absolute Gasteiger partial charge is 0.370 e. The second-order valence-electron chi connectivity index (χ2n) is 5.83. The first kappa shape index (κ1) is 19.4. The second kappa shape index (κ2) is 8.29. The summed E-state index contributed by atoms with van der Waals surface area (Å²) in [6.45, 7) is 5.58. The van der Waals surface area contributed by atoms with Crippen LogP contribution in [-0.4, -0.2) is 36.0 Å². The van der Waals surface area contributed by atoms with E-state index in [0.29, 0.717) is 26.1 Å². The van der Waals surface area contributed by atoms with Crippen LogP contribution in [0.5, 0.6) is 0 Å². The number of morpholine rings is 1. The number of carbonyl (C=O) groups excluding carboxylic acids is 1. The normalized spacial score (nSPS) is 20.9. The number of carbonyl (C=O) groups is 1. The van der Waals surface area contributed by atoms with Gasteiger partial charge in [-0.05, 0) is 31.0 Å². The van der Waals surface area contributed by atoms with E-state index in [2.05, 4.69) is 15.9 Å². The molecule has 0 saturated carbocycles. The van der Waals surface area contributed by atoms with Crippen LogP contribution in [0.25, 0.3) is 0 Å². The Morgan fingerprint density at radius 1 is 1.55 bits per heavy atom. The summed E-state index contributed by atoms with van der Waals surface area (Å²) >= 11 is 3.47. The van der Waals surface area contributed by atoms with Crippen LogP contribution < -0.4 is 5.73 Å². The molecule has 2 atom stereocenters. The number of hydrogen-bond acceptors (Lipinski definition) is 3. The number of nitrogens with zero attached hydrogens (tertiary/aromatic N) is 1. The molecule has 0 radical (unpaired) electrons. The Labute approximate surface area is 146 Å². The molecule has 1 aliphatic rings. The van der Waals surface area contributed by atoms with Crippen LogP contribution in [0.1, 0.15) is 38.4 Å². The Morgan fingerprint density at radius 3 is 2.91 bits per heavy atom. The van der Waals surface area contributed by atoms with Gasteiger partial charge in [0.1, 0.15) is 6.10 Å². The first-order valence-electron chi connectivity index (χ1n) is 7.39. The summed E-state index contributed by atoms with van der Waals surface area (Å²) < 4.78 is 6.83. The molecule has 2 unspecified atom stereocenters. The molecule has 4 nitrogen and oxygen atoms in total. The van der Waals surface area contributed by atoms with E-state index in [1.807, 2.05) is 43.0 Å². The van der Waals surface area contributed by atoms with Gasteiger partial charge in [0.15, 0.2) is 0 Å². The number of halogens is 2. The minimum atomic E-state index is -0.784. The highest BCUT2D eigenvalue weighted by atomic mass is 79.9. The first-order valence-corrected chi connectivity index (χ1v) is 8.18. The lowest BCUT2D eigenvalue weighted by atomic mass is 9.95. The number of hydrogen-bond donors (Lipinski definition) is 1. The molecule has 1 fully saturated rings. The van der Waals surface area contributed by atoms with Crippen molar-refractivity contribution in [3.8, 4) is 0 Å². The Morgan fingerprint density at radius 2 is 2.27 bits per heavy atom. The lowest BCUT2D eigenvalue weighted by Gasteiger charge is -2.37. The topological polar surface area (TPSA) is 55.6 Å². The highest BCUT2D eigenvalue weighted by molar-refractivity contribution is 9.10. The van der Waals surface area contributed by atoms with Gasteiger partial charge in [-0.1, -0.05) is 41.4 Å². The summed E-state index contributed by atoms with van der Waals surface area (Å²) in [5.41, 5.74) is 6.47. The van der Waals surface area contributed by atoms with Gasteiger partial charge in [-0.3, -0.25) is 4.79 Å². The van der Waals surface area contributed by atoms with E-state index >= 15 is 0 Å². The molecular formula is C16H24BrClN2O2. The van der Waals surface area contributed by atoms with Crippen molar-refractivity contribution in [1.82, 2.24) is 4.90 Å². The maximum atomic E-state index is 12.6. The molecular weight excluding hydrogens is 368 g/mol. The fourth-order valence-electron chi connectivity index (χ4n) is 2.73. The molecule has 1 saturated heterocycles. The standard InChI is InChI=1S/C16H23BrN2O2.ClH/c1-3-7-16(2,18)15(20)19-8-9-21-14(11-19)12-5-4-6-13(17)10-12;/h4-6,10,14H,3,7-9,11,18H2,1-2H3;1H. The third-order valence-electron chi connectivity index (χ3n) is 3.83. The Balaban J connectivity index is 0.00000242. The average molecular weight is 392 g/mol. The predicted octanol–water partition coefficient (Wildman–Crippen LogP) is 3.29. The van der Waals surface area contributed by atoms with E-state index < -0.39 is 5.54 Å². The molecule has 1 amide bonds. The zero-order valence-electron chi connectivity index (χ0n) is 13.0. The van der Waals surface area contributed by atoms with Gasteiger partial charge in [0, 0.05) is 11.0 Å². The Hall–Kier alpha value is -0.620. The van der Waals surface area contributed by atoms with E-state index in [9.17, 15) is 4.79 Å². The van der Waals surface area contributed by atoms with Crippen molar-refractivity contribution in [3.63, 3.8) is 0 Å². The van der Waals surface area contributed by atoms with Gasteiger partial charge in [-0.25, -0.2) is 0 Å². The number of rotatable bonds is 4. The molecule has 1 heterocycles. The molecule has 6 heteroatoms. The first-order chi connectivity index (χ1) is 9.94. The monoisotopic (exact) mass is 390 g/mol. The number of ether oxygens (including phenoxy) is 1. The third-order valence-corrected chi connectivity index (χ3v) is 4.33. The maximum absolute atomic E-state index is 12.6. The number of amides is 1. The van der Waals surface area contributed by atoms with Crippen molar-refractivity contribution in [3.05, 3.63) is 34.3 Å². The van der Waals surface area contributed by atoms with Crippen molar-refractivity contribution in [2.45, 2.75) is 38.3 Å². The predicted molar refractivity (Wildman–Crippen MR) is 94.2 cm³/mol. The lowest BCUT2D eigenvalue weighted by molar-refractivity contribution is -0.144. The second-order valence-corrected chi connectivity index (χ2v) is 6.75. The summed E-state index contributed by atoms with van der Waals surface area (Å²) in [5, 5.41) is 0. The van der Waals surface area contributed by atoms with E-state index in [0.717, 1.165) is 16.5 Å². The average Bonchev–Trinajstić information content (AvgIpc) is 2.46. The van der Waals surface area contributed by atoms with Crippen molar-refractivity contribution in [1.29, 1.82) is 0 Å². The van der Waals surface area contributed by atoms with Crippen LogP contribution in [0.15, 0.2) is 28.7 Å². The third kappa shape index (κ3) is 4.69. The summed E-state index contributed by atoms with van der Waals surface area (Å²) in [4.78, 5) is 14.4. The Kier molecular flexibility index (Phi) is 7.32. The molecule has 124 valence electrons. The van der Waals surface area contributed by atoms with Gasteiger partial charge in [0.05, 0.1) is 18.7 Å². The zero-order valence-corrected chi connectivity index (χ0v) is 15.5. The van der Waals surface area contributed by atoms with E-state index in [4.69, 9.17) is 10.5 Å². The van der Waals surface area contributed by atoms with Crippen molar-refractivity contribution in [2.75, 3.05) is 19.7 Å². The quantitative estimate of drug-likeness (QED) is 0.857. The Bertz CT molecular complexity index is 511. The highest BCUT2D eigenvalue weighted by Crippen LogP contribution is 2.26. The number of nitrogens with two attached hydrogens (primary N) is 1. The number of benzene rings is 1. The summed E-state index contributed by atoms with van der Waals surface area (Å²) in [6, 6.07) is 8.02. The smallest absolute Gasteiger partial charge is 0.242 e. The van der Waals surface area contributed by atoms with Gasteiger partial charge >= 0.3 is 0 Å². The fourth-order valence-corrected chi connectivity index (χ4v) is 3.15. The molecule has 2 N–H and O–H groups in total. The SMILES string of the molecule is CCCC(C)(N)C(=O)N1CCOC(c2cccc(Br)c2)C1.Cl. The van der Waals surface area contributed by atoms with Crippen molar-refractivity contribution < 1.29 is 9.53 Å². The molecule has 0 bridgehead atoms. The van der Waals surface area contributed by atoms with Crippen molar-refractivity contribution >= 4 is 34.2 Å². The molecule has 22 heavy (non-hydrogen) atoms. The van der Waals surface area contributed by atoms with E-state index in [-0.39, 0.29) is 24.4 Å². The molecule has 0 spiro atoms.